The van der Waals surface area contributed by atoms with Gasteiger partial charge in [-0.3, -0.25) is 4.90 Å². The predicted molar refractivity (Wildman–Crippen MR) is 73.8 cm³/mol. The molecular weight excluding hydrogens is 254 g/mol. The van der Waals surface area contributed by atoms with E-state index in [0.717, 1.165) is 25.3 Å². The Bertz CT molecular complexity index is 368. The van der Waals surface area contributed by atoms with Crippen molar-refractivity contribution in [2.45, 2.75) is 31.8 Å². The largest absolute Gasteiger partial charge is 0.304 e. The topological polar surface area (TPSA) is 19.4 Å². The third kappa shape index (κ3) is 2.99. The van der Waals surface area contributed by atoms with Crippen LogP contribution >= 0.6 is 22.9 Å². The number of hydrogen-bond acceptors (Lipinski definition) is 4. The Morgan fingerprint density at radius 2 is 2.35 bits per heavy atom. The van der Waals surface area contributed by atoms with Gasteiger partial charge in [0.05, 0.1) is 17.6 Å². The molecule has 0 N–H and O–H groups in total. The van der Waals surface area contributed by atoms with Crippen molar-refractivity contribution in [2.75, 3.05) is 26.7 Å². The summed E-state index contributed by atoms with van der Waals surface area (Å²) < 4.78 is 0. The number of halogens is 1. The summed E-state index contributed by atoms with van der Waals surface area (Å²) in [5.41, 5.74) is 1.00. The number of rotatable bonds is 3. The Labute approximate surface area is 112 Å². The van der Waals surface area contributed by atoms with Gasteiger partial charge in [-0.15, -0.1) is 22.9 Å². The lowest BCUT2D eigenvalue weighted by atomic mass is 10.1. The summed E-state index contributed by atoms with van der Waals surface area (Å²) in [6, 6.07) is 0.993. The van der Waals surface area contributed by atoms with Gasteiger partial charge in [-0.25, -0.2) is 4.98 Å². The summed E-state index contributed by atoms with van der Waals surface area (Å²) in [5.74, 6) is 0.515. The van der Waals surface area contributed by atoms with Gasteiger partial charge in [0.15, 0.2) is 0 Å². The van der Waals surface area contributed by atoms with E-state index in [1.54, 1.807) is 11.3 Å². The van der Waals surface area contributed by atoms with E-state index < -0.39 is 0 Å². The fraction of sp³-hybridized carbons (Fsp3) is 0.750. The Morgan fingerprint density at radius 3 is 2.94 bits per heavy atom. The summed E-state index contributed by atoms with van der Waals surface area (Å²) >= 11 is 7.53. The van der Waals surface area contributed by atoms with Gasteiger partial charge in [0.2, 0.25) is 0 Å². The Balaban J connectivity index is 2.06. The van der Waals surface area contributed by atoms with Crippen LogP contribution in [-0.4, -0.2) is 47.5 Å². The van der Waals surface area contributed by atoms with Gasteiger partial charge in [0.1, 0.15) is 5.01 Å². The number of hydrogen-bond donors (Lipinski definition) is 0. The van der Waals surface area contributed by atoms with Crippen LogP contribution in [0.2, 0.25) is 0 Å². The molecule has 17 heavy (non-hydrogen) atoms. The molecule has 0 aromatic carbocycles. The molecule has 1 fully saturated rings. The molecule has 0 saturated carbocycles. The fourth-order valence-corrected chi connectivity index (χ4v) is 3.57. The number of thiazole rings is 1. The smallest absolute Gasteiger partial charge is 0.110 e. The van der Waals surface area contributed by atoms with Crippen LogP contribution in [0, 0.1) is 0 Å². The zero-order chi connectivity index (χ0) is 12.4. The summed E-state index contributed by atoms with van der Waals surface area (Å²) in [7, 11) is 2.19. The second-order valence-electron chi connectivity index (χ2n) is 4.84. The number of piperazine rings is 1. The van der Waals surface area contributed by atoms with Gasteiger partial charge in [-0.1, -0.05) is 0 Å². The molecule has 0 amide bonds. The van der Waals surface area contributed by atoms with E-state index in [2.05, 4.69) is 41.1 Å². The first-order valence-electron chi connectivity index (χ1n) is 6.06. The van der Waals surface area contributed by atoms with E-state index in [1.807, 2.05) is 0 Å². The third-order valence-electron chi connectivity index (χ3n) is 3.44. The van der Waals surface area contributed by atoms with Crippen molar-refractivity contribution in [3.63, 3.8) is 0 Å². The first-order chi connectivity index (χ1) is 8.11. The maximum Gasteiger partial charge on any atom is 0.110 e. The van der Waals surface area contributed by atoms with Crippen molar-refractivity contribution in [3.05, 3.63) is 16.1 Å². The molecular formula is C12H20ClN3S. The van der Waals surface area contributed by atoms with Crippen molar-refractivity contribution < 1.29 is 0 Å². The molecule has 2 heterocycles. The maximum absolute atomic E-state index is 5.80. The van der Waals surface area contributed by atoms with Crippen LogP contribution in [0.5, 0.6) is 0 Å². The zero-order valence-corrected chi connectivity index (χ0v) is 12.3. The van der Waals surface area contributed by atoms with E-state index in [4.69, 9.17) is 11.6 Å². The number of alkyl halides is 1. The minimum atomic E-state index is 0.403. The molecule has 0 radical (unpaired) electrons. The highest BCUT2D eigenvalue weighted by atomic mass is 35.5. The second-order valence-corrected chi connectivity index (χ2v) is 5.99. The highest BCUT2D eigenvalue weighted by Gasteiger charge is 2.27. The minimum absolute atomic E-state index is 0.403. The first-order valence-corrected chi connectivity index (χ1v) is 7.47. The van der Waals surface area contributed by atoms with Crippen LogP contribution in [0.4, 0.5) is 0 Å². The molecule has 0 spiro atoms. The lowest BCUT2D eigenvalue weighted by molar-refractivity contribution is 0.0672. The molecule has 0 aliphatic carbocycles. The second kappa shape index (κ2) is 5.65. The van der Waals surface area contributed by atoms with E-state index in [0.29, 0.717) is 18.0 Å². The van der Waals surface area contributed by atoms with Crippen molar-refractivity contribution in [1.29, 1.82) is 0 Å². The molecule has 96 valence electrons. The lowest BCUT2D eigenvalue weighted by Gasteiger charge is -2.41. The Kier molecular flexibility index (Phi) is 4.42. The molecule has 2 unspecified atom stereocenters. The summed E-state index contributed by atoms with van der Waals surface area (Å²) in [4.78, 5) is 9.52. The molecule has 1 aromatic heterocycles. The van der Waals surface area contributed by atoms with E-state index in [9.17, 15) is 0 Å². The van der Waals surface area contributed by atoms with Crippen molar-refractivity contribution in [2.24, 2.45) is 0 Å². The molecule has 2 atom stereocenters. The lowest BCUT2D eigenvalue weighted by Crippen LogP contribution is -2.51. The normalized spacial score (nSPS) is 25.1. The highest BCUT2D eigenvalue weighted by Crippen LogP contribution is 2.27. The highest BCUT2D eigenvalue weighted by molar-refractivity contribution is 7.09. The molecule has 0 bridgehead atoms. The van der Waals surface area contributed by atoms with Crippen LogP contribution in [0.15, 0.2) is 5.38 Å². The SMILES string of the molecule is CC1CN(C)CCN1C(C)c1nc(CCl)cs1. The minimum Gasteiger partial charge on any atom is -0.304 e. The molecule has 1 aliphatic rings. The number of aromatic nitrogens is 1. The summed E-state index contributed by atoms with van der Waals surface area (Å²) in [6.45, 7) is 7.94. The van der Waals surface area contributed by atoms with Gasteiger partial charge in [-0.05, 0) is 20.9 Å². The number of likely N-dealkylation sites (N-methyl/N-ethyl adjacent to an activating group) is 1. The Morgan fingerprint density at radius 1 is 1.59 bits per heavy atom. The van der Waals surface area contributed by atoms with Gasteiger partial charge in [-0.2, -0.15) is 0 Å². The molecule has 1 saturated heterocycles. The summed E-state index contributed by atoms with van der Waals surface area (Å²) in [5, 5.41) is 3.26. The van der Waals surface area contributed by atoms with Crippen molar-refractivity contribution >= 4 is 22.9 Å². The maximum atomic E-state index is 5.80. The van der Waals surface area contributed by atoms with Crippen LogP contribution in [0.25, 0.3) is 0 Å². The quantitative estimate of drug-likeness (QED) is 0.789. The molecule has 3 nitrogen and oxygen atoms in total. The standard InChI is InChI=1S/C12H20ClN3S/c1-9-7-15(3)4-5-16(9)10(2)12-14-11(6-13)8-17-12/h8-10H,4-7H2,1-3H3. The fourth-order valence-electron chi connectivity index (χ4n) is 2.45. The van der Waals surface area contributed by atoms with Crippen LogP contribution < -0.4 is 0 Å². The van der Waals surface area contributed by atoms with Crippen LogP contribution in [-0.2, 0) is 5.88 Å². The van der Waals surface area contributed by atoms with E-state index >= 15 is 0 Å². The predicted octanol–water partition coefficient (Wildman–Crippen LogP) is 2.58. The molecule has 1 aromatic rings. The van der Waals surface area contributed by atoms with E-state index in [-0.39, 0.29) is 0 Å². The average Bonchev–Trinajstić information content (AvgIpc) is 2.76. The first kappa shape index (κ1) is 13.3. The van der Waals surface area contributed by atoms with E-state index in [1.165, 1.54) is 5.01 Å². The summed E-state index contributed by atoms with van der Waals surface area (Å²) in [6.07, 6.45) is 0. The van der Waals surface area contributed by atoms with Gasteiger partial charge in [0, 0.05) is 31.1 Å². The van der Waals surface area contributed by atoms with Crippen molar-refractivity contribution in [1.82, 2.24) is 14.8 Å². The monoisotopic (exact) mass is 273 g/mol. The van der Waals surface area contributed by atoms with Crippen molar-refractivity contribution in [3.8, 4) is 0 Å². The van der Waals surface area contributed by atoms with Crippen LogP contribution in [0.1, 0.15) is 30.6 Å². The number of nitrogens with zero attached hydrogens (tertiary/aromatic N) is 3. The van der Waals surface area contributed by atoms with Gasteiger partial charge >= 0.3 is 0 Å². The molecule has 5 heteroatoms. The van der Waals surface area contributed by atoms with Gasteiger partial charge < -0.3 is 4.90 Å². The zero-order valence-electron chi connectivity index (χ0n) is 10.7. The van der Waals surface area contributed by atoms with Gasteiger partial charge in [0.25, 0.3) is 0 Å². The molecule has 1 aliphatic heterocycles. The Hall–Kier alpha value is -0.160. The third-order valence-corrected chi connectivity index (χ3v) is 4.78. The average molecular weight is 274 g/mol. The van der Waals surface area contributed by atoms with Crippen LogP contribution in [0.3, 0.4) is 0 Å². The molecule has 2 rings (SSSR count).